The summed E-state index contributed by atoms with van der Waals surface area (Å²) in [4.78, 5) is 23.9. The fraction of sp³-hybridized carbons (Fsp3) is 0.389. The van der Waals surface area contributed by atoms with Crippen molar-refractivity contribution in [1.82, 2.24) is 10.5 Å². The van der Waals surface area contributed by atoms with E-state index in [1.54, 1.807) is 19.9 Å². The molecule has 2 amide bonds. The average molecular weight is 329 g/mol. The quantitative estimate of drug-likeness (QED) is 0.729. The van der Waals surface area contributed by atoms with Crippen LogP contribution in [-0.4, -0.2) is 23.0 Å². The topological polar surface area (TPSA) is 84.2 Å². The molecule has 1 aromatic heterocycles. The SMILES string of the molecule is Cc1cc(NC(=O)[C@H](C)NC(=O)CCCCc2ccccc2)no1. The molecular weight excluding hydrogens is 306 g/mol. The number of carbonyl (C=O) groups is 2. The third-order valence-corrected chi connectivity index (χ3v) is 3.61. The van der Waals surface area contributed by atoms with Gasteiger partial charge in [-0.1, -0.05) is 35.5 Å². The zero-order valence-corrected chi connectivity index (χ0v) is 14.0. The Morgan fingerprint density at radius 3 is 2.62 bits per heavy atom. The molecule has 0 aliphatic heterocycles. The van der Waals surface area contributed by atoms with Gasteiger partial charge >= 0.3 is 0 Å². The molecule has 128 valence electrons. The van der Waals surface area contributed by atoms with Gasteiger partial charge in [0.05, 0.1) is 0 Å². The number of nitrogens with zero attached hydrogens (tertiary/aromatic N) is 1. The second-order valence-corrected chi connectivity index (χ2v) is 5.79. The number of nitrogens with one attached hydrogen (secondary N) is 2. The summed E-state index contributed by atoms with van der Waals surface area (Å²) in [5, 5.41) is 8.98. The third kappa shape index (κ3) is 5.87. The molecule has 1 heterocycles. The van der Waals surface area contributed by atoms with Crippen LogP contribution in [0.15, 0.2) is 40.9 Å². The Kier molecular flexibility index (Phi) is 6.54. The highest BCUT2D eigenvalue weighted by molar-refractivity contribution is 5.96. The Hall–Kier alpha value is -2.63. The number of hydrogen-bond donors (Lipinski definition) is 2. The van der Waals surface area contributed by atoms with Gasteiger partial charge in [-0.15, -0.1) is 0 Å². The number of unbranched alkanes of at least 4 members (excludes halogenated alkanes) is 1. The number of hydrogen-bond acceptors (Lipinski definition) is 4. The zero-order chi connectivity index (χ0) is 17.4. The van der Waals surface area contributed by atoms with E-state index in [4.69, 9.17) is 4.52 Å². The fourth-order valence-electron chi connectivity index (χ4n) is 2.30. The molecule has 0 aliphatic carbocycles. The van der Waals surface area contributed by atoms with Crippen LogP contribution in [0.25, 0.3) is 0 Å². The fourth-order valence-corrected chi connectivity index (χ4v) is 2.30. The molecule has 0 saturated heterocycles. The maximum Gasteiger partial charge on any atom is 0.247 e. The highest BCUT2D eigenvalue weighted by atomic mass is 16.5. The van der Waals surface area contributed by atoms with E-state index >= 15 is 0 Å². The molecule has 0 spiro atoms. The van der Waals surface area contributed by atoms with Crippen LogP contribution in [0, 0.1) is 6.92 Å². The normalized spacial score (nSPS) is 11.8. The maximum atomic E-state index is 12.0. The maximum absolute atomic E-state index is 12.0. The second-order valence-electron chi connectivity index (χ2n) is 5.79. The molecule has 2 rings (SSSR count). The molecule has 1 aromatic carbocycles. The molecule has 2 N–H and O–H groups in total. The van der Waals surface area contributed by atoms with Crippen molar-refractivity contribution in [2.75, 3.05) is 5.32 Å². The van der Waals surface area contributed by atoms with Gasteiger partial charge in [0.2, 0.25) is 11.8 Å². The van der Waals surface area contributed by atoms with Gasteiger partial charge in [0.1, 0.15) is 11.8 Å². The van der Waals surface area contributed by atoms with Crippen LogP contribution in [0.2, 0.25) is 0 Å². The van der Waals surface area contributed by atoms with Crippen LogP contribution in [0.3, 0.4) is 0 Å². The minimum absolute atomic E-state index is 0.123. The Morgan fingerprint density at radius 1 is 1.21 bits per heavy atom. The molecule has 6 heteroatoms. The summed E-state index contributed by atoms with van der Waals surface area (Å²) in [6, 6.07) is 11.2. The standard InChI is InChI=1S/C18H23N3O3/c1-13-12-16(21-24-13)20-18(23)14(2)19-17(22)11-7-6-10-15-8-4-3-5-9-15/h3-5,8-9,12,14H,6-7,10-11H2,1-2H3,(H,19,22)(H,20,21,23)/t14-/m0/s1. The van der Waals surface area contributed by atoms with Gasteiger partial charge in [0.15, 0.2) is 5.82 Å². The molecule has 0 saturated carbocycles. The van der Waals surface area contributed by atoms with E-state index < -0.39 is 6.04 Å². The summed E-state index contributed by atoms with van der Waals surface area (Å²) in [5.41, 5.74) is 1.27. The number of amides is 2. The summed E-state index contributed by atoms with van der Waals surface area (Å²) in [6.45, 7) is 3.38. The van der Waals surface area contributed by atoms with E-state index in [0.717, 1.165) is 19.3 Å². The number of benzene rings is 1. The zero-order valence-electron chi connectivity index (χ0n) is 14.0. The molecule has 0 fully saturated rings. The third-order valence-electron chi connectivity index (χ3n) is 3.61. The van der Waals surface area contributed by atoms with Crippen LogP contribution in [0.4, 0.5) is 5.82 Å². The molecule has 0 bridgehead atoms. The number of rotatable bonds is 8. The van der Waals surface area contributed by atoms with Crippen molar-refractivity contribution in [3.8, 4) is 0 Å². The number of anilines is 1. The smallest absolute Gasteiger partial charge is 0.247 e. The van der Waals surface area contributed by atoms with E-state index in [2.05, 4.69) is 27.9 Å². The molecule has 0 aliphatic rings. The van der Waals surface area contributed by atoms with Gasteiger partial charge < -0.3 is 15.2 Å². The minimum atomic E-state index is -0.622. The highest BCUT2D eigenvalue weighted by Gasteiger charge is 2.16. The molecular formula is C18H23N3O3. The lowest BCUT2D eigenvalue weighted by Gasteiger charge is -2.12. The van der Waals surface area contributed by atoms with Crippen molar-refractivity contribution in [2.45, 2.75) is 45.6 Å². The Labute approximate surface area is 141 Å². The largest absolute Gasteiger partial charge is 0.360 e. The van der Waals surface area contributed by atoms with Crippen LogP contribution in [0.5, 0.6) is 0 Å². The first-order valence-corrected chi connectivity index (χ1v) is 8.12. The number of aromatic nitrogens is 1. The van der Waals surface area contributed by atoms with Gasteiger partial charge in [0.25, 0.3) is 0 Å². The first kappa shape index (κ1) is 17.7. The van der Waals surface area contributed by atoms with Gasteiger partial charge in [-0.3, -0.25) is 9.59 Å². The van der Waals surface area contributed by atoms with Crippen LogP contribution in [0.1, 0.15) is 37.5 Å². The molecule has 2 aromatic rings. The molecule has 1 atom stereocenters. The van der Waals surface area contributed by atoms with Gasteiger partial charge in [-0.2, -0.15) is 0 Å². The Bertz CT molecular complexity index is 667. The van der Waals surface area contributed by atoms with E-state index in [1.807, 2.05) is 18.2 Å². The number of carbonyl (C=O) groups excluding carboxylic acids is 2. The summed E-state index contributed by atoms with van der Waals surface area (Å²) < 4.78 is 4.88. The first-order chi connectivity index (χ1) is 11.5. The molecule has 6 nitrogen and oxygen atoms in total. The lowest BCUT2D eigenvalue weighted by atomic mass is 10.1. The van der Waals surface area contributed by atoms with Crippen LogP contribution in [-0.2, 0) is 16.0 Å². The molecule has 24 heavy (non-hydrogen) atoms. The van der Waals surface area contributed by atoms with E-state index in [0.29, 0.717) is 18.0 Å². The second kappa shape index (κ2) is 8.86. The van der Waals surface area contributed by atoms with Gasteiger partial charge in [-0.05, 0) is 38.7 Å². The Morgan fingerprint density at radius 2 is 1.96 bits per heavy atom. The summed E-state index contributed by atoms with van der Waals surface area (Å²) >= 11 is 0. The van der Waals surface area contributed by atoms with Crippen molar-refractivity contribution in [1.29, 1.82) is 0 Å². The van der Waals surface area contributed by atoms with E-state index in [1.165, 1.54) is 5.56 Å². The lowest BCUT2D eigenvalue weighted by molar-refractivity contribution is -0.126. The molecule has 0 unspecified atom stereocenters. The monoisotopic (exact) mass is 329 g/mol. The van der Waals surface area contributed by atoms with E-state index in [9.17, 15) is 9.59 Å². The predicted molar refractivity (Wildman–Crippen MR) is 91.5 cm³/mol. The first-order valence-electron chi connectivity index (χ1n) is 8.12. The summed E-state index contributed by atoms with van der Waals surface area (Å²) in [5.74, 6) is 0.518. The lowest BCUT2D eigenvalue weighted by Crippen LogP contribution is -2.41. The summed E-state index contributed by atoms with van der Waals surface area (Å²) in [6.07, 6.45) is 3.09. The average Bonchev–Trinajstić information content (AvgIpc) is 2.97. The van der Waals surface area contributed by atoms with Crippen molar-refractivity contribution in [3.63, 3.8) is 0 Å². The number of aryl methyl sites for hydroxylation is 2. The van der Waals surface area contributed by atoms with Crippen molar-refractivity contribution < 1.29 is 14.1 Å². The highest BCUT2D eigenvalue weighted by Crippen LogP contribution is 2.08. The van der Waals surface area contributed by atoms with Gasteiger partial charge in [0, 0.05) is 12.5 Å². The van der Waals surface area contributed by atoms with E-state index in [-0.39, 0.29) is 11.8 Å². The van der Waals surface area contributed by atoms with Crippen LogP contribution < -0.4 is 10.6 Å². The van der Waals surface area contributed by atoms with Crippen molar-refractivity contribution in [2.24, 2.45) is 0 Å². The predicted octanol–water partition coefficient (Wildman–Crippen LogP) is 2.84. The minimum Gasteiger partial charge on any atom is -0.360 e. The summed E-state index contributed by atoms with van der Waals surface area (Å²) in [7, 11) is 0. The van der Waals surface area contributed by atoms with Crippen molar-refractivity contribution in [3.05, 3.63) is 47.7 Å². The van der Waals surface area contributed by atoms with Crippen molar-refractivity contribution >= 4 is 17.6 Å². The van der Waals surface area contributed by atoms with Gasteiger partial charge in [-0.25, -0.2) is 0 Å². The van der Waals surface area contributed by atoms with Crippen LogP contribution >= 0.6 is 0 Å². The Balaban J connectivity index is 1.64. The molecule has 0 radical (unpaired) electrons.